The normalized spacial score (nSPS) is 12.6. The van der Waals surface area contributed by atoms with Crippen LogP contribution in [-0.4, -0.2) is 28.8 Å². The molecule has 2 atom stereocenters. The fourth-order valence-corrected chi connectivity index (χ4v) is 3.76. The largest absolute Gasteiger partial charge is 0.352 e. The van der Waals surface area contributed by atoms with Gasteiger partial charge in [-0.25, -0.2) is 0 Å². The van der Waals surface area contributed by atoms with E-state index in [1.54, 1.807) is 4.90 Å². The molecule has 0 heterocycles. The lowest BCUT2D eigenvalue weighted by Crippen LogP contribution is -2.52. The van der Waals surface area contributed by atoms with Gasteiger partial charge in [-0.2, -0.15) is 0 Å². The van der Waals surface area contributed by atoms with E-state index in [1.165, 1.54) is 0 Å². The predicted molar refractivity (Wildman–Crippen MR) is 134 cm³/mol. The number of nitrogens with zero attached hydrogens (tertiary/aromatic N) is 1. The minimum absolute atomic E-state index is 0.0428. The minimum Gasteiger partial charge on any atom is -0.352 e. The number of aryl methyl sites for hydroxylation is 1. The van der Waals surface area contributed by atoms with Gasteiger partial charge in [0.15, 0.2) is 0 Å². The molecule has 0 saturated heterocycles. The Morgan fingerprint density at radius 2 is 1.39 bits per heavy atom. The van der Waals surface area contributed by atoms with Crippen LogP contribution >= 0.6 is 0 Å². The summed E-state index contributed by atoms with van der Waals surface area (Å²) in [5.41, 5.74) is 4.15. The van der Waals surface area contributed by atoms with Crippen LogP contribution in [0.5, 0.6) is 0 Å². The van der Waals surface area contributed by atoms with Crippen LogP contribution in [0, 0.1) is 6.92 Å². The summed E-state index contributed by atoms with van der Waals surface area (Å²) in [7, 11) is 0. The monoisotopic (exact) mass is 442 g/mol. The molecule has 3 aromatic carbocycles. The number of rotatable bonds is 10. The van der Waals surface area contributed by atoms with Gasteiger partial charge >= 0.3 is 0 Å². The molecule has 0 aliphatic heterocycles. The number of hydrogen-bond donors (Lipinski definition) is 1. The van der Waals surface area contributed by atoms with E-state index in [0.717, 1.165) is 28.7 Å². The second-order valence-electron chi connectivity index (χ2n) is 8.69. The van der Waals surface area contributed by atoms with E-state index < -0.39 is 6.04 Å². The average molecular weight is 443 g/mol. The molecule has 0 spiro atoms. The molecule has 0 aliphatic carbocycles. The summed E-state index contributed by atoms with van der Waals surface area (Å²) < 4.78 is 0. The molecule has 0 aliphatic rings. The Morgan fingerprint density at radius 3 is 1.97 bits per heavy atom. The maximum Gasteiger partial charge on any atom is 0.243 e. The zero-order valence-electron chi connectivity index (χ0n) is 19.8. The highest BCUT2D eigenvalue weighted by Crippen LogP contribution is 2.17. The highest BCUT2D eigenvalue weighted by Gasteiger charge is 2.30. The fourth-order valence-electron chi connectivity index (χ4n) is 3.76. The van der Waals surface area contributed by atoms with Gasteiger partial charge in [-0.15, -0.1) is 0 Å². The van der Waals surface area contributed by atoms with Gasteiger partial charge in [-0.3, -0.25) is 9.59 Å². The number of hydrogen-bond acceptors (Lipinski definition) is 2. The first-order valence-electron chi connectivity index (χ1n) is 11.7. The molecule has 0 unspecified atom stereocenters. The van der Waals surface area contributed by atoms with Gasteiger partial charge in [0.25, 0.3) is 0 Å². The van der Waals surface area contributed by atoms with Crippen LogP contribution in [0.25, 0.3) is 0 Å². The number of carbonyl (C=O) groups is 2. The quantitative estimate of drug-likeness (QED) is 0.475. The molecule has 2 amide bonds. The highest BCUT2D eigenvalue weighted by molar-refractivity contribution is 5.89. The molecule has 4 heteroatoms. The van der Waals surface area contributed by atoms with E-state index in [1.807, 2.05) is 106 Å². The second-order valence-corrected chi connectivity index (χ2v) is 8.69. The Bertz CT molecular complexity index is 1020. The Kier molecular flexibility index (Phi) is 8.82. The van der Waals surface area contributed by atoms with Crippen molar-refractivity contribution < 1.29 is 9.59 Å². The van der Waals surface area contributed by atoms with Gasteiger partial charge in [0.2, 0.25) is 11.8 Å². The van der Waals surface area contributed by atoms with Crippen LogP contribution in [0.15, 0.2) is 84.9 Å². The van der Waals surface area contributed by atoms with Gasteiger partial charge in [0, 0.05) is 19.0 Å². The fraction of sp³-hybridized carbons (Fsp3) is 0.310. The SMILES string of the molecule is CC[C@@H](C)NC(=O)[C@H](Cc1ccccc1)N(Cc1ccc(C)cc1)C(=O)Cc1ccccc1. The number of nitrogens with one attached hydrogen (secondary N) is 1. The van der Waals surface area contributed by atoms with Crippen LogP contribution in [0.2, 0.25) is 0 Å². The average Bonchev–Trinajstić information content (AvgIpc) is 2.83. The minimum atomic E-state index is -0.598. The van der Waals surface area contributed by atoms with E-state index in [0.29, 0.717) is 13.0 Å². The van der Waals surface area contributed by atoms with E-state index in [-0.39, 0.29) is 24.3 Å². The number of benzene rings is 3. The zero-order valence-corrected chi connectivity index (χ0v) is 19.8. The zero-order chi connectivity index (χ0) is 23.6. The van der Waals surface area contributed by atoms with Crippen molar-refractivity contribution in [1.82, 2.24) is 10.2 Å². The molecule has 3 rings (SSSR count). The molecule has 0 radical (unpaired) electrons. The maximum atomic E-state index is 13.6. The lowest BCUT2D eigenvalue weighted by molar-refractivity contribution is -0.141. The van der Waals surface area contributed by atoms with E-state index >= 15 is 0 Å². The predicted octanol–water partition coefficient (Wildman–Crippen LogP) is 5.09. The third-order valence-electron chi connectivity index (χ3n) is 5.94. The summed E-state index contributed by atoms with van der Waals surface area (Å²) in [4.78, 5) is 28.8. The van der Waals surface area contributed by atoms with Crippen molar-refractivity contribution in [3.8, 4) is 0 Å². The Hall–Kier alpha value is -3.40. The first kappa shape index (κ1) is 24.2. The topological polar surface area (TPSA) is 49.4 Å². The Morgan fingerprint density at radius 1 is 0.818 bits per heavy atom. The summed E-state index contributed by atoms with van der Waals surface area (Å²) in [5.74, 6) is -0.163. The van der Waals surface area contributed by atoms with Crippen molar-refractivity contribution in [3.63, 3.8) is 0 Å². The van der Waals surface area contributed by atoms with E-state index in [9.17, 15) is 9.59 Å². The smallest absolute Gasteiger partial charge is 0.243 e. The van der Waals surface area contributed by atoms with Crippen LogP contribution in [0.1, 0.15) is 42.5 Å². The van der Waals surface area contributed by atoms with Gasteiger partial charge < -0.3 is 10.2 Å². The number of carbonyl (C=O) groups excluding carboxylic acids is 2. The van der Waals surface area contributed by atoms with Gasteiger partial charge in [-0.05, 0) is 37.0 Å². The van der Waals surface area contributed by atoms with Crippen molar-refractivity contribution in [2.75, 3.05) is 0 Å². The van der Waals surface area contributed by atoms with Crippen molar-refractivity contribution >= 4 is 11.8 Å². The van der Waals surface area contributed by atoms with Gasteiger partial charge in [-0.1, -0.05) is 97.4 Å². The van der Waals surface area contributed by atoms with Crippen molar-refractivity contribution in [3.05, 3.63) is 107 Å². The van der Waals surface area contributed by atoms with Crippen molar-refractivity contribution in [2.45, 2.75) is 58.7 Å². The standard InChI is InChI=1S/C29H34N2O2/c1-4-23(3)30-29(33)27(19-24-11-7-5-8-12-24)31(21-26-17-15-22(2)16-18-26)28(32)20-25-13-9-6-10-14-25/h5-18,23,27H,4,19-21H2,1-3H3,(H,30,33)/t23-,27+/m1/s1. The Labute approximate surface area is 197 Å². The molecule has 172 valence electrons. The molecule has 0 fully saturated rings. The molecular formula is C29H34N2O2. The van der Waals surface area contributed by atoms with Crippen molar-refractivity contribution in [1.29, 1.82) is 0 Å². The molecular weight excluding hydrogens is 408 g/mol. The highest BCUT2D eigenvalue weighted by atomic mass is 16.2. The lowest BCUT2D eigenvalue weighted by Gasteiger charge is -2.32. The van der Waals surface area contributed by atoms with Gasteiger partial charge in [0.05, 0.1) is 6.42 Å². The summed E-state index contributed by atoms with van der Waals surface area (Å²) in [6.07, 6.45) is 1.56. The lowest BCUT2D eigenvalue weighted by atomic mass is 10.0. The summed E-state index contributed by atoms with van der Waals surface area (Å²) in [6.45, 7) is 6.46. The molecule has 1 N–H and O–H groups in total. The van der Waals surface area contributed by atoms with Crippen LogP contribution in [0.4, 0.5) is 0 Å². The first-order chi connectivity index (χ1) is 16.0. The molecule has 33 heavy (non-hydrogen) atoms. The van der Waals surface area contributed by atoms with Crippen LogP contribution < -0.4 is 5.32 Å². The number of amides is 2. The Balaban J connectivity index is 1.95. The molecule has 4 nitrogen and oxygen atoms in total. The molecule has 3 aromatic rings. The third-order valence-corrected chi connectivity index (χ3v) is 5.94. The maximum absolute atomic E-state index is 13.6. The third kappa shape index (κ3) is 7.31. The summed E-state index contributed by atoms with van der Waals surface area (Å²) in [6, 6.07) is 27.2. The van der Waals surface area contributed by atoms with Crippen molar-refractivity contribution in [2.24, 2.45) is 0 Å². The molecule has 0 bridgehead atoms. The van der Waals surface area contributed by atoms with Gasteiger partial charge in [0.1, 0.15) is 6.04 Å². The molecule has 0 aromatic heterocycles. The summed E-state index contributed by atoms with van der Waals surface area (Å²) in [5, 5.41) is 3.11. The van der Waals surface area contributed by atoms with E-state index in [2.05, 4.69) is 5.32 Å². The summed E-state index contributed by atoms with van der Waals surface area (Å²) >= 11 is 0. The van der Waals surface area contributed by atoms with Crippen LogP contribution in [0.3, 0.4) is 0 Å². The van der Waals surface area contributed by atoms with Crippen LogP contribution in [-0.2, 0) is 29.0 Å². The second kappa shape index (κ2) is 12.0. The first-order valence-corrected chi connectivity index (χ1v) is 11.7. The molecule has 0 saturated carbocycles. The van der Waals surface area contributed by atoms with E-state index in [4.69, 9.17) is 0 Å².